The smallest absolute Gasteiger partial charge is 0.0278 e. The maximum absolute atomic E-state index is 2.48. The van der Waals surface area contributed by atoms with Gasteiger partial charge in [0.1, 0.15) is 0 Å². The van der Waals surface area contributed by atoms with E-state index in [0.717, 1.165) is 0 Å². The molecular weight excluding hydrogens is 278 g/mol. The third kappa shape index (κ3) is 2.77. The molecule has 1 unspecified atom stereocenters. The van der Waals surface area contributed by atoms with Gasteiger partial charge in [-0.05, 0) is 59.6 Å². The van der Waals surface area contributed by atoms with Crippen molar-refractivity contribution < 1.29 is 0 Å². The average molecular weight is 301 g/mol. The van der Waals surface area contributed by atoms with E-state index < -0.39 is 0 Å². The molecule has 3 aromatic carbocycles. The van der Waals surface area contributed by atoms with Crippen LogP contribution in [0.3, 0.4) is 0 Å². The standard InChI is InChI=1S/C22H23N/c1-23-15-7-6-10-19(23)13-14-22-20-11-4-2-8-17(20)16-18-9-3-5-12-21(18)22/h2-5,8-9,11-14,16,19H,6-7,10,15H2,1H3/b14-13+. The van der Waals surface area contributed by atoms with Gasteiger partial charge in [-0.25, -0.2) is 0 Å². The van der Waals surface area contributed by atoms with Crippen molar-refractivity contribution in [3.63, 3.8) is 0 Å². The van der Waals surface area contributed by atoms with E-state index in [0.29, 0.717) is 6.04 Å². The largest absolute Gasteiger partial charge is 0.300 e. The van der Waals surface area contributed by atoms with Gasteiger partial charge >= 0.3 is 0 Å². The maximum atomic E-state index is 2.48. The molecule has 1 heteroatoms. The van der Waals surface area contributed by atoms with Crippen LogP contribution in [0.25, 0.3) is 27.6 Å². The molecule has 1 aliphatic heterocycles. The molecule has 0 amide bonds. The van der Waals surface area contributed by atoms with Gasteiger partial charge < -0.3 is 0 Å². The highest BCUT2D eigenvalue weighted by atomic mass is 15.1. The van der Waals surface area contributed by atoms with Crippen LogP contribution < -0.4 is 0 Å². The second-order valence-electron chi connectivity index (χ2n) is 6.64. The zero-order valence-electron chi connectivity index (χ0n) is 13.7. The monoisotopic (exact) mass is 301 g/mol. The summed E-state index contributed by atoms with van der Waals surface area (Å²) >= 11 is 0. The zero-order chi connectivity index (χ0) is 15.6. The van der Waals surface area contributed by atoms with Crippen LogP contribution in [-0.2, 0) is 0 Å². The third-order valence-corrected chi connectivity index (χ3v) is 5.12. The second kappa shape index (κ2) is 6.17. The topological polar surface area (TPSA) is 3.24 Å². The van der Waals surface area contributed by atoms with Gasteiger partial charge in [0, 0.05) is 6.04 Å². The zero-order valence-corrected chi connectivity index (χ0v) is 13.7. The van der Waals surface area contributed by atoms with Crippen molar-refractivity contribution in [2.24, 2.45) is 0 Å². The molecule has 0 spiro atoms. The quantitative estimate of drug-likeness (QED) is 0.566. The molecule has 116 valence electrons. The number of nitrogens with zero attached hydrogens (tertiary/aromatic N) is 1. The van der Waals surface area contributed by atoms with Crippen molar-refractivity contribution in [2.45, 2.75) is 25.3 Å². The van der Waals surface area contributed by atoms with E-state index in [2.05, 4.69) is 78.7 Å². The maximum Gasteiger partial charge on any atom is 0.0278 e. The molecule has 1 saturated heterocycles. The number of rotatable bonds is 2. The molecule has 3 aromatic rings. The molecule has 1 fully saturated rings. The number of piperidine rings is 1. The van der Waals surface area contributed by atoms with E-state index in [1.54, 1.807) is 0 Å². The van der Waals surface area contributed by atoms with Gasteiger partial charge in [-0.1, -0.05) is 67.1 Å². The third-order valence-electron chi connectivity index (χ3n) is 5.12. The molecule has 0 N–H and O–H groups in total. The molecule has 0 aromatic heterocycles. The van der Waals surface area contributed by atoms with Crippen LogP contribution >= 0.6 is 0 Å². The van der Waals surface area contributed by atoms with Crippen molar-refractivity contribution in [1.82, 2.24) is 4.90 Å². The summed E-state index contributed by atoms with van der Waals surface area (Å²) in [5.74, 6) is 0. The Morgan fingerprint density at radius 1 is 0.913 bits per heavy atom. The van der Waals surface area contributed by atoms with Crippen LogP contribution in [0.2, 0.25) is 0 Å². The van der Waals surface area contributed by atoms with E-state index in [1.165, 1.54) is 52.9 Å². The van der Waals surface area contributed by atoms with Crippen molar-refractivity contribution in [1.29, 1.82) is 0 Å². The highest BCUT2D eigenvalue weighted by molar-refractivity contribution is 6.06. The molecular formula is C22H23N. The lowest BCUT2D eigenvalue weighted by Gasteiger charge is -2.30. The number of fused-ring (bicyclic) bond motifs is 2. The molecule has 0 saturated carbocycles. The average Bonchev–Trinajstić information content (AvgIpc) is 2.60. The minimum Gasteiger partial charge on any atom is -0.300 e. The van der Waals surface area contributed by atoms with Crippen molar-refractivity contribution in [2.75, 3.05) is 13.6 Å². The van der Waals surface area contributed by atoms with E-state index in [9.17, 15) is 0 Å². The Bertz CT molecular complexity index is 808. The fourth-order valence-electron chi connectivity index (χ4n) is 3.78. The Morgan fingerprint density at radius 3 is 2.22 bits per heavy atom. The summed E-state index contributed by atoms with van der Waals surface area (Å²) in [5.41, 5.74) is 1.36. The van der Waals surface area contributed by atoms with Crippen molar-refractivity contribution >= 4 is 27.6 Å². The lowest BCUT2D eigenvalue weighted by molar-refractivity contribution is 0.222. The van der Waals surface area contributed by atoms with Gasteiger partial charge in [0.05, 0.1) is 0 Å². The molecule has 23 heavy (non-hydrogen) atoms. The second-order valence-corrected chi connectivity index (χ2v) is 6.64. The van der Waals surface area contributed by atoms with Gasteiger partial charge in [-0.2, -0.15) is 0 Å². The summed E-state index contributed by atoms with van der Waals surface area (Å²) in [4.78, 5) is 2.48. The number of likely N-dealkylation sites (tertiary alicyclic amines) is 1. The molecule has 1 atom stereocenters. The fourth-order valence-corrected chi connectivity index (χ4v) is 3.78. The number of likely N-dealkylation sites (N-methyl/N-ethyl adjacent to an activating group) is 1. The van der Waals surface area contributed by atoms with E-state index in [4.69, 9.17) is 0 Å². The molecule has 1 nitrogen and oxygen atoms in total. The Hall–Kier alpha value is -2.12. The van der Waals surface area contributed by atoms with Crippen molar-refractivity contribution in [3.05, 3.63) is 66.2 Å². The number of hydrogen-bond donors (Lipinski definition) is 0. The van der Waals surface area contributed by atoms with Crippen LogP contribution in [0, 0.1) is 0 Å². The lowest BCUT2D eigenvalue weighted by atomic mass is 9.95. The number of hydrogen-bond acceptors (Lipinski definition) is 1. The molecule has 4 rings (SSSR count). The highest BCUT2D eigenvalue weighted by Gasteiger charge is 2.16. The molecule has 0 radical (unpaired) electrons. The van der Waals surface area contributed by atoms with Crippen LogP contribution in [0.15, 0.2) is 60.7 Å². The van der Waals surface area contributed by atoms with E-state index in [1.807, 2.05) is 0 Å². The first kappa shape index (κ1) is 14.5. The Balaban J connectivity index is 1.85. The van der Waals surface area contributed by atoms with Crippen LogP contribution in [-0.4, -0.2) is 24.5 Å². The van der Waals surface area contributed by atoms with Gasteiger partial charge in [0.15, 0.2) is 0 Å². The Kier molecular flexibility index (Phi) is 3.88. The van der Waals surface area contributed by atoms with Gasteiger partial charge in [0.2, 0.25) is 0 Å². The Labute approximate surface area is 138 Å². The number of benzene rings is 3. The summed E-state index contributed by atoms with van der Waals surface area (Å²) < 4.78 is 0. The summed E-state index contributed by atoms with van der Waals surface area (Å²) in [7, 11) is 2.25. The first-order valence-electron chi connectivity index (χ1n) is 8.62. The summed E-state index contributed by atoms with van der Waals surface area (Å²) in [6.45, 7) is 1.21. The first-order chi connectivity index (χ1) is 11.3. The molecule has 0 aliphatic carbocycles. The summed E-state index contributed by atoms with van der Waals surface area (Å²) in [6, 6.07) is 20.3. The molecule has 0 bridgehead atoms. The fraction of sp³-hybridized carbons (Fsp3) is 0.273. The van der Waals surface area contributed by atoms with Crippen LogP contribution in [0.1, 0.15) is 24.8 Å². The highest BCUT2D eigenvalue weighted by Crippen LogP contribution is 2.30. The van der Waals surface area contributed by atoms with Crippen molar-refractivity contribution in [3.8, 4) is 0 Å². The summed E-state index contributed by atoms with van der Waals surface area (Å²) in [5, 5.41) is 5.34. The van der Waals surface area contributed by atoms with Crippen LogP contribution in [0.4, 0.5) is 0 Å². The predicted octanol–water partition coefficient (Wildman–Crippen LogP) is 5.49. The van der Waals surface area contributed by atoms with Gasteiger partial charge in [-0.3, -0.25) is 4.90 Å². The van der Waals surface area contributed by atoms with E-state index in [-0.39, 0.29) is 0 Å². The SMILES string of the molecule is CN1CCCCC1/C=C/c1c2ccccc2cc2ccccc12. The predicted molar refractivity (Wildman–Crippen MR) is 101 cm³/mol. The normalized spacial score (nSPS) is 19.8. The van der Waals surface area contributed by atoms with Gasteiger partial charge in [-0.15, -0.1) is 0 Å². The first-order valence-corrected chi connectivity index (χ1v) is 8.62. The Morgan fingerprint density at radius 2 is 1.57 bits per heavy atom. The summed E-state index contributed by atoms with van der Waals surface area (Å²) in [6.07, 6.45) is 8.72. The lowest BCUT2D eigenvalue weighted by Crippen LogP contribution is -2.34. The minimum atomic E-state index is 0.571. The minimum absolute atomic E-state index is 0.571. The van der Waals surface area contributed by atoms with Gasteiger partial charge in [0.25, 0.3) is 0 Å². The van der Waals surface area contributed by atoms with E-state index >= 15 is 0 Å². The van der Waals surface area contributed by atoms with Crippen LogP contribution in [0.5, 0.6) is 0 Å². The molecule has 1 heterocycles. The molecule has 1 aliphatic rings.